The number of nitrogens with zero attached hydrogens (tertiary/aromatic N) is 4. The molecule has 1 aliphatic rings. The summed E-state index contributed by atoms with van der Waals surface area (Å²) in [7, 11) is 0. The molecule has 4 aromatic rings. The third-order valence-corrected chi connectivity index (χ3v) is 8.73. The Balaban J connectivity index is 1.49. The first kappa shape index (κ1) is 30.1. The number of hydrogen-bond acceptors (Lipinski definition) is 5. The lowest BCUT2D eigenvalue weighted by atomic mass is 10.1. The number of nitriles is 1. The Morgan fingerprint density at radius 2 is 1.76 bits per heavy atom. The molecule has 5 rings (SSSR count). The van der Waals surface area contributed by atoms with E-state index < -0.39 is 17.6 Å². The van der Waals surface area contributed by atoms with E-state index in [0.29, 0.717) is 39.8 Å². The van der Waals surface area contributed by atoms with Crippen LogP contribution in [0.25, 0.3) is 16.3 Å². The second kappa shape index (κ2) is 12.9. The number of hydrazine groups is 1. The molecule has 1 saturated heterocycles. The molecule has 0 radical (unpaired) electrons. The van der Waals surface area contributed by atoms with Crippen molar-refractivity contribution < 1.29 is 18.0 Å². The minimum absolute atomic E-state index is 0.0535. The first-order valence-corrected chi connectivity index (χ1v) is 15.0. The van der Waals surface area contributed by atoms with Crippen LogP contribution in [-0.4, -0.2) is 33.8 Å². The van der Waals surface area contributed by atoms with Crippen LogP contribution >= 0.6 is 34.5 Å². The molecule has 1 aliphatic heterocycles. The normalized spacial score (nSPS) is 14.1. The van der Waals surface area contributed by atoms with Gasteiger partial charge in [0, 0.05) is 28.6 Å². The van der Waals surface area contributed by atoms with Gasteiger partial charge in [0.15, 0.2) is 5.69 Å². The molecule has 0 spiro atoms. The number of thiophene rings is 1. The van der Waals surface area contributed by atoms with Gasteiger partial charge in [-0.25, -0.2) is 9.69 Å². The second-order valence-corrected chi connectivity index (χ2v) is 12.0. The van der Waals surface area contributed by atoms with Crippen LogP contribution in [-0.2, 0) is 25.4 Å². The van der Waals surface area contributed by atoms with Gasteiger partial charge < -0.3 is 0 Å². The molecule has 1 N–H and O–H groups in total. The van der Waals surface area contributed by atoms with Crippen molar-refractivity contribution in [2.24, 2.45) is 0 Å². The summed E-state index contributed by atoms with van der Waals surface area (Å²) in [4.78, 5) is 15.2. The number of benzene rings is 2. The van der Waals surface area contributed by atoms with Crippen molar-refractivity contribution >= 4 is 40.4 Å². The zero-order valence-corrected chi connectivity index (χ0v) is 24.7. The summed E-state index contributed by atoms with van der Waals surface area (Å²) >= 11 is 14.2. The zero-order valence-electron chi connectivity index (χ0n) is 22.3. The summed E-state index contributed by atoms with van der Waals surface area (Å²) in [5.74, 6) is -0.397. The summed E-state index contributed by atoms with van der Waals surface area (Å²) in [5, 5.41) is 17.1. The molecule has 12 heteroatoms. The quantitative estimate of drug-likeness (QED) is 0.214. The standard InChI is InChI=1S/C30H26Cl2F3N5OS/c31-21-9-12-25(24(32)18-21)40-28(23(14-15-36)27(37-40)29(41)38-39-16-2-1-3-17-39)26-13-11-22(42-26)10-6-19-4-7-20(8-5-19)30(33,34)35/h4-5,7-9,11-13,18H,1-3,6,10,14,16-17H2,(H,38,41). The van der Waals surface area contributed by atoms with Crippen molar-refractivity contribution in [3.63, 3.8) is 0 Å². The molecule has 0 saturated carbocycles. The maximum Gasteiger partial charge on any atom is 0.416 e. The molecular formula is C30H26Cl2F3N5OS. The van der Waals surface area contributed by atoms with E-state index in [1.807, 2.05) is 17.1 Å². The summed E-state index contributed by atoms with van der Waals surface area (Å²) in [5.41, 5.74) is 4.77. The second-order valence-electron chi connectivity index (χ2n) is 9.97. The van der Waals surface area contributed by atoms with E-state index in [9.17, 15) is 23.2 Å². The van der Waals surface area contributed by atoms with Crippen molar-refractivity contribution in [1.82, 2.24) is 20.2 Å². The predicted octanol–water partition coefficient (Wildman–Crippen LogP) is 7.91. The Morgan fingerprint density at radius 1 is 1.02 bits per heavy atom. The number of carbonyl (C=O) groups is 1. The third-order valence-electron chi connectivity index (χ3n) is 7.04. The van der Waals surface area contributed by atoms with Crippen LogP contribution in [0.2, 0.25) is 10.0 Å². The third kappa shape index (κ3) is 6.81. The summed E-state index contributed by atoms with van der Waals surface area (Å²) < 4.78 is 40.4. The number of amides is 1. The van der Waals surface area contributed by atoms with Crippen LogP contribution in [0.3, 0.4) is 0 Å². The van der Waals surface area contributed by atoms with Crippen molar-refractivity contribution in [1.29, 1.82) is 5.26 Å². The minimum atomic E-state index is -4.37. The molecular weight excluding hydrogens is 606 g/mol. The van der Waals surface area contributed by atoms with Crippen LogP contribution in [0.15, 0.2) is 54.6 Å². The maximum atomic E-state index is 13.5. The van der Waals surface area contributed by atoms with Gasteiger partial charge in [0.1, 0.15) is 0 Å². The number of aryl methyl sites for hydroxylation is 2. The highest BCUT2D eigenvalue weighted by Crippen LogP contribution is 2.37. The molecule has 0 unspecified atom stereocenters. The molecule has 3 heterocycles. The summed E-state index contributed by atoms with van der Waals surface area (Å²) in [6, 6.07) is 16.2. The fourth-order valence-corrected chi connectivity index (χ4v) is 6.48. The Hall–Kier alpha value is -3.36. The number of nitrogens with one attached hydrogen (secondary N) is 1. The van der Waals surface area contributed by atoms with E-state index in [4.69, 9.17) is 23.2 Å². The number of aromatic nitrogens is 2. The fraction of sp³-hybridized carbons (Fsp3) is 0.300. The zero-order chi connectivity index (χ0) is 29.9. The van der Waals surface area contributed by atoms with Crippen LogP contribution in [0.4, 0.5) is 13.2 Å². The first-order valence-electron chi connectivity index (χ1n) is 13.4. The van der Waals surface area contributed by atoms with Gasteiger partial charge in [0.05, 0.1) is 39.3 Å². The van der Waals surface area contributed by atoms with Gasteiger partial charge >= 0.3 is 6.18 Å². The molecule has 2 aromatic carbocycles. The Bertz CT molecular complexity index is 1620. The highest BCUT2D eigenvalue weighted by atomic mass is 35.5. The maximum absolute atomic E-state index is 13.5. The number of halogens is 5. The van der Waals surface area contributed by atoms with Crippen molar-refractivity contribution in [3.05, 3.63) is 91.9 Å². The van der Waals surface area contributed by atoms with Gasteiger partial charge in [-0.05, 0) is 73.7 Å². The average Bonchev–Trinajstić information content (AvgIpc) is 3.57. The molecule has 0 atom stereocenters. The SMILES string of the molecule is N#CCc1c(C(=O)NN2CCCCC2)nn(-c2ccc(Cl)cc2Cl)c1-c1ccc(CCc2ccc(C(F)(F)F)cc2)s1. The number of carbonyl (C=O) groups excluding carboxylic acids is 1. The molecule has 1 amide bonds. The van der Waals surface area contributed by atoms with E-state index in [0.717, 1.165) is 59.8 Å². The highest BCUT2D eigenvalue weighted by molar-refractivity contribution is 7.15. The molecule has 2 aromatic heterocycles. The number of hydrogen-bond donors (Lipinski definition) is 1. The molecule has 0 aliphatic carbocycles. The van der Waals surface area contributed by atoms with Gasteiger partial charge in [0.2, 0.25) is 0 Å². The van der Waals surface area contributed by atoms with E-state index >= 15 is 0 Å². The van der Waals surface area contributed by atoms with Crippen molar-refractivity contribution in [3.8, 4) is 22.3 Å². The van der Waals surface area contributed by atoms with Gasteiger partial charge in [0.25, 0.3) is 5.91 Å². The van der Waals surface area contributed by atoms with Crippen LogP contribution in [0.5, 0.6) is 0 Å². The van der Waals surface area contributed by atoms with Gasteiger partial charge in [-0.15, -0.1) is 11.3 Å². The van der Waals surface area contributed by atoms with Crippen LogP contribution in [0, 0.1) is 11.3 Å². The average molecular weight is 633 g/mol. The van der Waals surface area contributed by atoms with Gasteiger partial charge in [-0.1, -0.05) is 41.8 Å². The lowest BCUT2D eigenvalue weighted by Gasteiger charge is -2.26. The van der Waals surface area contributed by atoms with E-state index in [1.165, 1.54) is 23.5 Å². The molecule has 6 nitrogen and oxygen atoms in total. The van der Waals surface area contributed by atoms with Gasteiger partial charge in [-0.3, -0.25) is 10.2 Å². The number of alkyl halides is 3. The largest absolute Gasteiger partial charge is 0.416 e. The number of rotatable bonds is 8. The lowest BCUT2D eigenvalue weighted by Crippen LogP contribution is -2.45. The molecule has 42 heavy (non-hydrogen) atoms. The first-order chi connectivity index (χ1) is 20.1. The van der Waals surface area contributed by atoms with Gasteiger partial charge in [-0.2, -0.15) is 23.5 Å². The Kier molecular flexibility index (Phi) is 9.23. The van der Waals surface area contributed by atoms with Crippen LogP contribution in [0.1, 0.15) is 51.3 Å². The Labute approximate surface area is 255 Å². The molecule has 218 valence electrons. The van der Waals surface area contributed by atoms with E-state index in [1.54, 1.807) is 22.9 Å². The molecule has 1 fully saturated rings. The summed E-state index contributed by atoms with van der Waals surface area (Å²) in [6.45, 7) is 1.48. The summed E-state index contributed by atoms with van der Waals surface area (Å²) in [6.07, 6.45) is -0.203. The van der Waals surface area contributed by atoms with Crippen molar-refractivity contribution in [2.45, 2.75) is 44.7 Å². The smallest absolute Gasteiger partial charge is 0.283 e. The monoisotopic (exact) mass is 631 g/mol. The lowest BCUT2D eigenvalue weighted by molar-refractivity contribution is -0.137. The Morgan fingerprint density at radius 3 is 2.43 bits per heavy atom. The molecule has 0 bridgehead atoms. The fourth-order valence-electron chi connectivity index (χ4n) is 4.93. The number of piperidine rings is 1. The predicted molar refractivity (Wildman–Crippen MR) is 158 cm³/mol. The highest BCUT2D eigenvalue weighted by Gasteiger charge is 2.30. The van der Waals surface area contributed by atoms with Crippen LogP contribution < -0.4 is 5.43 Å². The minimum Gasteiger partial charge on any atom is -0.283 e. The topological polar surface area (TPSA) is 74.0 Å². The van der Waals surface area contributed by atoms with E-state index in [2.05, 4.69) is 16.6 Å². The van der Waals surface area contributed by atoms with Crippen molar-refractivity contribution in [2.75, 3.05) is 13.1 Å². The van der Waals surface area contributed by atoms with E-state index in [-0.39, 0.29) is 12.1 Å².